The summed E-state index contributed by atoms with van der Waals surface area (Å²) in [5, 5.41) is 5.48. The number of aryl methyl sites for hydroxylation is 1. The fraction of sp³-hybridized carbons (Fsp3) is 0.185. The number of benzene rings is 4. The lowest BCUT2D eigenvalue weighted by atomic mass is 9.85. The summed E-state index contributed by atoms with van der Waals surface area (Å²) >= 11 is 1.92. The predicted molar refractivity (Wildman–Crippen MR) is 126 cm³/mol. The van der Waals surface area contributed by atoms with Crippen molar-refractivity contribution in [1.82, 2.24) is 0 Å². The molecule has 1 aromatic heterocycles. The van der Waals surface area contributed by atoms with Crippen LogP contribution in [-0.4, -0.2) is 0 Å². The summed E-state index contributed by atoms with van der Waals surface area (Å²) in [7, 11) is 0. The van der Waals surface area contributed by atoms with E-state index in [-0.39, 0.29) is 5.41 Å². The number of hydrogen-bond donors (Lipinski definition) is 0. The van der Waals surface area contributed by atoms with Gasteiger partial charge in [-0.1, -0.05) is 87.5 Å². The maximum atomic E-state index is 2.30. The maximum absolute atomic E-state index is 2.30. The molecule has 1 heteroatoms. The fourth-order valence-electron chi connectivity index (χ4n) is 4.32. The van der Waals surface area contributed by atoms with Gasteiger partial charge in [0.15, 0.2) is 0 Å². The molecule has 4 aromatic carbocycles. The third-order valence-corrected chi connectivity index (χ3v) is 7.11. The molecule has 0 atom stereocenters. The van der Waals surface area contributed by atoms with Crippen molar-refractivity contribution >= 4 is 42.3 Å². The van der Waals surface area contributed by atoms with Crippen molar-refractivity contribution in [3.63, 3.8) is 0 Å². The van der Waals surface area contributed by atoms with Crippen molar-refractivity contribution in [3.8, 4) is 11.1 Å². The van der Waals surface area contributed by atoms with E-state index in [0.717, 1.165) is 0 Å². The Bertz CT molecular complexity index is 1330. The standard InChI is InChI=1S/C27H24S/c1-17-24(18-13-15-19(16-14-18)27(2,3)4)20-9-5-6-10-21(20)25-22-11-7-8-12-23(22)28-26(17)25/h5-16H,1-4H3. The van der Waals surface area contributed by atoms with Gasteiger partial charge in [0, 0.05) is 20.2 Å². The summed E-state index contributed by atoms with van der Waals surface area (Å²) < 4.78 is 2.78. The lowest BCUT2D eigenvalue weighted by Crippen LogP contribution is -2.10. The quantitative estimate of drug-likeness (QED) is 0.273. The molecule has 0 aliphatic heterocycles. The van der Waals surface area contributed by atoms with Crippen LogP contribution in [0.15, 0.2) is 72.8 Å². The highest BCUT2D eigenvalue weighted by Gasteiger charge is 2.18. The van der Waals surface area contributed by atoms with Crippen LogP contribution in [0.4, 0.5) is 0 Å². The van der Waals surface area contributed by atoms with E-state index in [1.165, 1.54) is 53.2 Å². The van der Waals surface area contributed by atoms with E-state index in [0.29, 0.717) is 0 Å². The molecule has 1 heterocycles. The Kier molecular flexibility index (Phi) is 3.86. The summed E-state index contributed by atoms with van der Waals surface area (Å²) in [5.74, 6) is 0. The van der Waals surface area contributed by atoms with Gasteiger partial charge in [-0.05, 0) is 51.4 Å². The Labute approximate surface area is 170 Å². The summed E-state index contributed by atoms with van der Waals surface area (Å²) in [6.45, 7) is 9.10. The molecule has 0 amide bonds. The molecule has 0 aliphatic rings. The fourth-order valence-corrected chi connectivity index (χ4v) is 5.54. The highest BCUT2D eigenvalue weighted by molar-refractivity contribution is 7.26. The monoisotopic (exact) mass is 380 g/mol. The smallest absolute Gasteiger partial charge is 0.0397 e. The third-order valence-electron chi connectivity index (χ3n) is 5.82. The largest absolute Gasteiger partial charge is 0.135 e. The van der Waals surface area contributed by atoms with Crippen molar-refractivity contribution in [2.24, 2.45) is 0 Å². The number of fused-ring (bicyclic) bond motifs is 5. The third kappa shape index (κ3) is 2.57. The van der Waals surface area contributed by atoms with Crippen molar-refractivity contribution in [2.75, 3.05) is 0 Å². The Morgan fingerprint density at radius 1 is 0.679 bits per heavy atom. The van der Waals surface area contributed by atoms with Gasteiger partial charge in [0.25, 0.3) is 0 Å². The van der Waals surface area contributed by atoms with Crippen LogP contribution in [-0.2, 0) is 5.41 Å². The van der Waals surface area contributed by atoms with E-state index >= 15 is 0 Å². The zero-order valence-corrected chi connectivity index (χ0v) is 17.7. The van der Waals surface area contributed by atoms with E-state index in [1.807, 2.05) is 11.3 Å². The van der Waals surface area contributed by atoms with Crippen LogP contribution in [0.1, 0.15) is 31.9 Å². The molecule has 0 N–H and O–H groups in total. The average Bonchev–Trinajstić information content (AvgIpc) is 3.08. The highest BCUT2D eigenvalue weighted by atomic mass is 32.1. The van der Waals surface area contributed by atoms with Gasteiger partial charge in [0.2, 0.25) is 0 Å². The molecule has 28 heavy (non-hydrogen) atoms. The minimum Gasteiger partial charge on any atom is -0.135 e. The first-order chi connectivity index (χ1) is 13.4. The van der Waals surface area contributed by atoms with E-state index < -0.39 is 0 Å². The van der Waals surface area contributed by atoms with Crippen LogP contribution in [0.5, 0.6) is 0 Å². The topological polar surface area (TPSA) is 0 Å². The van der Waals surface area contributed by atoms with Gasteiger partial charge in [0.1, 0.15) is 0 Å². The molecule has 138 valence electrons. The van der Waals surface area contributed by atoms with E-state index in [9.17, 15) is 0 Å². The zero-order chi connectivity index (χ0) is 19.5. The van der Waals surface area contributed by atoms with Gasteiger partial charge in [-0.25, -0.2) is 0 Å². The second-order valence-electron chi connectivity index (χ2n) is 8.68. The first-order valence-electron chi connectivity index (χ1n) is 9.88. The highest BCUT2D eigenvalue weighted by Crippen LogP contribution is 2.45. The van der Waals surface area contributed by atoms with Gasteiger partial charge in [0.05, 0.1) is 0 Å². The molecule has 0 unspecified atom stereocenters. The van der Waals surface area contributed by atoms with Gasteiger partial charge >= 0.3 is 0 Å². The van der Waals surface area contributed by atoms with Crippen LogP contribution in [0, 0.1) is 6.92 Å². The Hall–Kier alpha value is -2.64. The Morgan fingerprint density at radius 3 is 1.96 bits per heavy atom. The molecule has 0 spiro atoms. The SMILES string of the molecule is Cc1c(-c2ccc(C(C)(C)C)cc2)c2ccccc2c2c1sc1ccccc12. The predicted octanol–water partition coefficient (Wildman–Crippen LogP) is 8.48. The van der Waals surface area contributed by atoms with Crippen LogP contribution < -0.4 is 0 Å². The molecule has 0 saturated carbocycles. The molecular weight excluding hydrogens is 356 g/mol. The molecule has 5 rings (SSSR count). The normalized spacial score (nSPS) is 12.3. The van der Waals surface area contributed by atoms with E-state index in [1.54, 1.807) is 0 Å². The van der Waals surface area contributed by atoms with Crippen molar-refractivity contribution in [3.05, 3.63) is 83.9 Å². The van der Waals surface area contributed by atoms with E-state index in [2.05, 4.69) is 100 Å². The number of thiophene rings is 1. The van der Waals surface area contributed by atoms with Crippen LogP contribution in [0.2, 0.25) is 0 Å². The second-order valence-corrected chi connectivity index (χ2v) is 9.73. The first kappa shape index (κ1) is 17.5. The molecule has 0 fully saturated rings. The van der Waals surface area contributed by atoms with Gasteiger partial charge in [-0.15, -0.1) is 11.3 Å². The van der Waals surface area contributed by atoms with Crippen molar-refractivity contribution in [2.45, 2.75) is 33.1 Å². The Balaban J connectivity index is 1.88. The van der Waals surface area contributed by atoms with Crippen LogP contribution >= 0.6 is 11.3 Å². The molecule has 0 aliphatic carbocycles. The molecule has 0 radical (unpaired) electrons. The van der Waals surface area contributed by atoms with Crippen molar-refractivity contribution < 1.29 is 0 Å². The van der Waals surface area contributed by atoms with Crippen LogP contribution in [0.25, 0.3) is 42.1 Å². The molecule has 0 bridgehead atoms. The van der Waals surface area contributed by atoms with Crippen LogP contribution in [0.3, 0.4) is 0 Å². The minimum atomic E-state index is 0.172. The lowest BCUT2D eigenvalue weighted by molar-refractivity contribution is 0.590. The van der Waals surface area contributed by atoms with Gasteiger partial charge < -0.3 is 0 Å². The second kappa shape index (κ2) is 6.18. The summed E-state index contributed by atoms with van der Waals surface area (Å²) in [6, 6.07) is 26.9. The van der Waals surface area contributed by atoms with Crippen molar-refractivity contribution in [1.29, 1.82) is 0 Å². The number of hydrogen-bond acceptors (Lipinski definition) is 1. The Morgan fingerprint density at radius 2 is 1.29 bits per heavy atom. The lowest BCUT2D eigenvalue weighted by Gasteiger charge is -2.20. The summed E-state index contributed by atoms with van der Waals surface area (Å²) in [4.78, 5) is 0. The summed E-state index contributed by atoms with van der Waals surface area (Å²) in [6.07, 6.45) is 0. The van der Waals surface area contributed by atoms with Gasteiger partial charge in [-0.2, -0.15) is 0 Å². The summed E-state index contributed by atoms with van der Waals surface area (Å²) in [5.41, 5.74) is 5.61. The average molecular weight is 381 g/mol. The van der Waals surface area contributed by atoms with Gasteiger partial charge in [-0.3, -0.25) is 0 Å². The van der Waals surface area contributed by atoms with E-state index in [4.69, 9.17) is 0 Å². The first-order valence-corrected chi connectivity index (χ1v) is 10.7. The molecule has 5 aromatic rings. The molecule has 0 nitrogen and oxygen atoms in total. The minimum absolute atomic E-state index is 0.172. The number of rotatable bonds is 1. The maximum Gasteiger partial charge on any atom is 0.0397 e. The molecular formula is C27H24S. The molecule has 0 saturated heterocycles. The zero-order valence-electron chi connectivity index (χ0n) is 16.8.